The quantitative estimate of drug-likeness (QED) is 0.770. The molecule has 3 nitrogen and oxygen atoms in total. The summed E-state index contributed by atoms with van der Waals surface area (Å²) in [7, 11) is -4.14. The highest BCUT2D eigenvalue weighted by Crippen LogP contribution is 2.34. The number of rotatable bonds is 3. The fraction of sp³-hybridized carbons (Fsp3) is 0.0769. The Kier molecular flexibility index (Phi) is 4.82. The molecule has 0 radical (unpaired) electrons. The lowest BCUT2D eigenvalue weighted by Gasteiger charge is -2.13. The molecule has 8 heteroatoms. The van der Waals surface area contributed by atoms with E-state index in [0.717, 1.165) is 12.1 Å². The maximum Gasteiger partial charge on any atom is 0.264 e. The van der Waals surface area contributed by atoms with E-state index in [1.54, 1.807) is 13.0 Å². The average Bonchev–Trinajstić information content (AvgIpc) is 2.39. The van der Waals surface area contributed by atoms with Crippen molar-refractivity contribution in [2.24, 2.45) is 0 Å². The molecule has 0 saturated carbocycles. The molecule has 0 unspecified atom stereocenters. The van der Waals surface area contributed by atoms with Crippen LogP contribution in [-0.2, 0) is 10.0 Å². The highest BCUT2D eigenvalue weighted by Gasteiger charge is 2.22. The maximum atomic E-state index is 13.8. The summed E-state index contributed by atoms with van der Waals surface area (Å²) in [5, 5.41) is 0.301. The molecule has 0 aromatic heterocycles. The van der Waals surface area contributed by atoms with Crippen molar-refractivity contribution in [1.29, 1.82) is 0 Å². The molecular weight excluding hydrogens is 404 g/mol. The summed E-state index contributed by atoms with van der Waals surface area (Å²) in [5.41, 5.74) is 0.677. The molecule has 0 heterocycles. The Hall–Kier alpha value is -0.820. The zero-order valence-electron chi connectivity index (χ0n) is 10.6. The number of nitrogens with one attached hydrogen (secondary N) is 1. The van der Waals surface area contributed by atoms with Crippen LogP contribution in [0.15, 0.2) is 39.7 Å². The number of sulfonamides is 1. The van der Waals surface area contributed by atoms with Crippen molar-refractivity contribution in [2.75, 3.05) is 4.72 Å². The number of hydrogen-bond donors (Lipinski definition) is 1. The molecule has 0 aliphatic rings. The molecule has 0 fully saturated rings. The molecule has 2 aromatic carbocycles. The standard InChI is InChI=1S/C13H9BrCl2FNO2S/c1-7-2-4-9(15)13(12(7)16)18-21(19,20)11-5-3-8(14)6-10(11)17/h2-6,18H,1H3. The van der Waals surface area contributed by atoms with Crippen LogP contribution in [0.25, 0.3) is 0 Å². The third kappa shape index (κ3) is 3.51. The van der Waals surface area contributed by atoms with E-state index >= 15 is 0 Å². The maximum absolute atomic E-state index is 13.8. The van der Waals surface area contributed by atoms with Crippen LogP contribution in [0.5, 0.6) is 0 Å². The second kappa shape index (κ2) is 6.12. The number of anilines is 1. The van der Waals surface area contributed by atoms with Crippen molar-refractivity contribution < 1.29 is 12.8 Å². The minimum atomic E-state index is -4.14. The van der Waals surface area contributed by atoms with Crippen molar-refractivity contribution in [3.63, 3.8) is 0 Å². The monoisotopic (exact) mass is 411 g/mol. The van der Waals surface area contributed by atoms with Gasteiger partial charge in [-0.1, -0.05) is 45.2 Å². The molecule has 21 heavy (non-hydrogen) atoms. The summed E-state index contributed by atoms with van der Waals surface area (Å²) in [5.74, 6) is -0.878. The molecular formula is C13H9BrCl2FNO2S. The number of benzene rings is 2. The van der Waals surface area contributed by atoms with Crippen LogP contribution in [0, 0.1) is 12.7 Å². The van der Waals surface area contributed by atoms with Gasteiger partial charge < -0.3 is 0 Å². The van der Waals surface area contributed by atoms with Crippen molar-refractivity contribution in [3.8, 4) is 0 Å². The molecule has 112 valence electrons. The third-order valence-corrected chi connectivity index (χ3v) is 5.38. The van der Waals surface area contributed by atoms with E-state index in [9.17, 15) is 12.8 Å². The van der Waals surface area contributed by atoms with E-state index in [2.05, 4.69) is 20.7 Å². The summed E-state index contributed by atoms with van der Waals surface area (Å²) in [4.78, 5) is -0.487. The van der Waals surface area contributed by atoms with Gasteiger partial charge in [-0.3, -0.25) is 4.72 Å². The van der Waals surface area contributed by atoms with Gasteiger partial charge in [0.05, 0.1) is 15.7 Å². The first-order chi connectivity index (χ1) is 9.72. The molecule has 0 amide bonds. The Morgan fingerprint density at radius 3 is 2.48 bits per heavy atom. The van der Waals surface area contributed by atoms with E-state index in [1.807, 2.05) is 0 Å². The van der Waals surface area contributed by atoms with Gasteiger partial charge in [0.2, 0.25) is 0 Å². The first kappa shape index (κ1) is 16.5. The van der Waals surface area contributed by atoms with Gasteiger partial charge in [-0.05, 0) is 36.8 Å². The van der Waals surface area contributed by atoms with Gasteiger partial charge in [0, 0.05) is 4.47 Å². The average molecular weight is 413 g/mol. The molecule has 2 aromatic rings. The Morgan fingerprint density at radius 2 is 1.86 bits per heavy atom. The molecule has 0 aliphatic carbocycles. The zero-order valence-corrected chi connectivity index (χ0v) is 14.5. The number of halogens is 4. The lowest BCUT2D eigenvalue weighted by atomic mass is 10.2. The zero-order chi connectivity index (χ0) is 15.8. The lowest BCUT2D eigenvalue weighted by molar-refractivity contribution is 0.570. The summed E-state index contributed by atoms with van der Waals surface area (Å²) in [6.07, 6.45) is 0. The summed E-state index contributed by atoms with van der Waals surface area (Å²) < 4.78 is 41.0. The number of hydrogen-bond acceptors (Lipinski definition) is 2. The van der Waals surface area contributed by atoms with Crippen molar-refractivity contribution in [2.45, 2.75) is 11.8 Å². The van der Waals surface area contributed by atoms with Gasteiger partial charge in [-0.2, -0.15) is 0 Å². The highest BCUT2D eigenvalue weighted by molar-refractivity contribution is 9.10. The SMILES string of the molecule is Cc1ccc(Cl)c(NS(=O)(=O)c2ccc(Br)cc2F)c1Cl. The second-order valence-electron chi connectivity index (χ2n) is 4.23. The van der Waals surface area contributed by atoms with Crippen LogP contribution < -0.4 is 4.72 Å². The van der Waals surface area contributed by atoms with Crippen LogP contribution in [0.1, 0.15) is 5.56 Å². The molecule has 1 N–H and O–H groups in total. The van der Waals surface area contributed by atoms with Gasteiger partial charge in [0.25, 0.3) is 10.0 Å². The second-order valence-corrected chi connectivity index (χ2v) is 7.59. The van der Waals surface area contributed by atoms with Crippen molar-refractivity contribution in [1.82, 2.24) is 0 Å². The minimum Gasteiger partial charge on any atom is -0.276 e. The minimum absolute atomic E-state index is 0.0284. The smallest absolute Gasteiger partial charge is 0.264 e. The summed E-state index contributed by atoms with van der Waals surface area (Å²) in [6.45, 7) is 1.71. The summed E-state index contributed by atoms with van der Waals surface area (Å²) in [6, 6.07) is 6.81. The normalized spacial score (nSPS) is 11.5. The van der Waals surface area contributed by atoms with Gasteiger partial charge in [-0.15, -0.1) is 0 Å². The Balaban J connectivity index is 2.50. The largest absolute Gasteiger partial charge is 0.276 e. The molecule has 0 atom stereocenters. The fourth-order valence-electron chi connectivity index (χ4n) is 1.63. The highest BCUT2D eigenvalue weighted by atomic mass is 79.9. The van der Waals surface area contributed by atoms with E-state index in [4.69, 9.17) is 23.2 Å². The third-order valence-electron chi connectivity index (χ3n) is 2.70. The number of aryl methyl sites for hydroxylation is 1. The Bertz CT molecular complexity index is 812. The van der Waals surface area contributed by atoms with Crippen LogP contribution in [-0.4, -0.2) is 8.42 Å². The predicted molar refractivity (Wildman–Crippen MR) is 86.1 cm³/mol. The van der Waals surface area contributed by atoms with Crippen LogP contribution >= 0.6 is 39.1 Å². The topological polar surface area (TPSA) is 46.2 Å². The van der Waals surface area contributed by atoms with E-state index < -0.39 is 20.7 Å². The molecule has 2 rings (SSSR count). The van der Waals surface area contributed by atoms with Crippen LogP contribution in [0.2, 0.25) is 10.0 Å². The van der Waals surface area contributed by atoms with Crippen molar-refractivity contribution in [3.05, 3.63) is 56.2 Å². The first-order valence-electron chi connectivity index (χ1n) is 5.65. The molecule has 0 saturated heterocycles. The molecule has 0 spiro atoms. The lowest BCUT2D eigenvalue weighted by Crippen LogP contribution is -2.15. The van der Waals surface area contributed by atoms with Crippen molar-refractivity contribution >= 4 is 54.8 Å². The fourth-order valence-corrected chi connectivity index (χ4v) is 3.70. The van der Waals surface area contributed by atoms with Crippen LogP contribution in [0.4, 0.5) is 10.1 Å². The van der Waals surface area contributed by atoms with Gasteiger partial charge in [0.1, 0.15) is 10.7 Å². The van der Waals surface area contributed by atoms with Crippen LogP contribution in [0.3, 0.4) is 0 Å². The van der Waals surface area contributed by atoms with E-state index in [-0.39, 0.29) is 15.7 Å². The molecule has 0 aliphatic heterocycles. The van der Waals surface area contributed by atoms with E-state index in [0.29, 0.717) is 10.0 Å². The Morgan fingerprint density at radius 1 is 1.19 bits per heavy atom. The first-order valence-corrected chi connectivity index (χ1v) is 8.68. The van der Waals surface area contributed by atoms with Gasteiger partial charge in [0.15, 0.2) is 0 Å². The van der Waals surface area contributed by atoms with Gasteiger partial charge >= 0.3 is 0 Å². The molecule has 0 bridgehead atoms. The predicted octanol–water partition coefficient (Wildman–Crippen LogP) is 5.00. The van der Waals surface area contributed by atoms with E-state index in [1.165, 1.54) is 12.1 Å². The summed E-state index contributed by atoms with van der Waals surface area (Å²) >= 11 is 15.1. The van der Waals surface area contributed by atoms with Gasteiger partial charge in [-0.25, -0.2) is 12.8 Å². The Labute approximate surface area is 140 Å².